The minimum Gasteiger partial charge on any atom is -0.382 e. The van der Waals surface area contributed by atoms with Crippen molar-refractivity contribution in [3.05, 3.63) is 36.3 Å². The minimum atomic E-state index is -0.261. The van der Waals surface area contributed by atoms with Gasteiger partial charge >= 0.3 is 0 Å². The van der Waals surface area contributed by atoms with Gasteiger partial charge in [-0.05, 0) is 18.2 Å². The van der Waals surface area contributed by atoms with Crippen LogP contribution in [0.2, 0.25) is 0 Å². The molecule has 0 unspecified atom stereocenters. The number of thiazole rings is 1. The number of hydrogen-bond acceptors (Lipinski definition) is 4. The minimum absolute atomic E-state index is 0.261. The Morgan fingerprint density at radius 1 is 1.31 bits per heavy atom. The molecule has 0 radical (unpaired) electrons. The van der Waals surface area contributed by atoms with Crippen molar-refractivity contribution in [1.82, 2.24) is 14.8 Å². The van der Waals surface area contributed by atoms with Gasteiger partial charge in [0.05, 0.1) is 10.2 Å². The summed E-state index contributed by atoms with van der Waals surface area (Å²) in [5.41, 5.74) is 6.28. The van der Waals surface area contributed by atoms with E-state index in [1.165, 1.54) is 23.5 Å². The third-order valence-corrected chi connectivity index (χ3v) is 3.15. The molecule has 0 atom stereocenters. The van der Waals surface area contributed by atoms with E-state index in [2.05, 4.69) is 10.1 Å². The molecule has 1 aromatic carbocycles. The molecule has 16 heavy (non-hydrogen) atoms. The van der Waals surface area contributed by atoms with E-state index >= 15 is 0 Å². The summed E-state index contributed by atoms with van der Waals surface area (Å²) in [6.45, 7) is 0. The van der Waals surface area contributed by atoms with Crippen LogP contribution in [0.5, 0.6) is 0 Å². The van der Waals surface area contributed by atoms with Crippen LogP contribution >= 0.6 is 11.3 Å². The van der Waals surface area contributed by atoms with Crippen LogP contribution < -0.4 is 5.73 Å². The van der Waals surface area contributed by atoms with Crippen molar-refractivity contribution in [3.63, 3.8) is 0 Å². The highest BCUT2D eigenvalue weighted by Crippen LogP contribution is 2.25. The summed E-state index contributed by atoms with van der Waals surface area (Å²) in [7, 11) is 0. The van der Waals surface area contributed by atoms with E-state index in [1.54, 1.807) is 23.0 Å². The van der Waals surface area contributed by atoms with Gasteiger partial charge in [-0.15, -0.1) is 5.10 Å². The molecule has 2 heterocycles. The van der Waals surface area contributed by atoms with Crippen LogP contribution in [0.15, 0.2) is 30.5 Å². The van der Waals surface area contributed by atoms with Gasteiger partial charge < -0.3 is 5.73 Å². The molecule has 2 aromatic heterocycles. The second-order valence-corrected chi connectivity index (χ2v) is 4.30. The van der Waals surface area contributed by atoms with E-state index < -0.39 is 0 Å². The van der Waals surface area contributed by atoms with Crippen molar-refractivity contribution in [2.45, 2.75) is 0 Å². The normalized spacial score (nSPS) is 11.1. The molecular formula is C10H7FN4S. The van der Waals surface area contributed by atoms with Crippen molar-refractivity contribution in [3.8, 4) is 5.13 Å². The Bertz CT molecular complexity index is 658. The third-order valence-electron chi connectivity index (χ3n) is 2.14. The Kier molecular flexibility index (Phi) is 1.90. The molecule has 3 aromatic rings. The van der Waals surface area contributed by atoms with E-state index in [4.69, 9.17) is 5.73 Å². The van der Waals surface area contributed by atoms with Crippen molar-refractivity contribution < 1.29 is 4.39 Å². The number of anilines is 1. The maximum atomic E-state index is 13.0. The molecule has 0 saturated heterocycles. The second kappa shape index (κ2) is 3.28. The largest absolute Gasteiger partial charge is 0.382 e. The maximum Gasteiger partial charge on any atom is 0.211 e. The van der Waals surface area contributed by atoms with Crippen LogP contribution in [0.25, 0.3) is 15.3 Å². The zero-order valence-corrected chi connectivity index (χ0v) is 8.91. The molecule has 0 spiro atoms. The average Bonchev–Trinajstić information content (AvgIpc) is 2.83. The third kappa shape index (κ3) is 1.43. The smallest absolute Gasteiger partial charge is 0.211 e. The lowest BCUT2D eigenvalue weighted by Crippen LogP contribution is -1.94. The monoisotopic (exact) mass is 233 g/mol. The van der Waals surface area contributed by atoms with Gasteiger partial charge in [-0.1, -0.05) is 11.3 Å². The van der Waals surface area contributed by atoms with Gasteiger partial charge in [0.2, 0.25) is 5.13 Å². The molecule has 3 rings (SSSR count). The van der Waals surface area contributed by atoms with Crippen LogP contribution in [0, 0.1) is 5.82 Å². The van der Waals surface area contributed by atoms with Crippen molar-refractivity contribution in [2.75, 3.05) is 5.73 Å². The molecule has 0 saturated carbocycles. The Balaban J connectivity index is 2.18. The van der Waals surface area contributed by atoms with Crippen molar-refractivity contribution in [2.24, 2.45) is 0 Å². The molecule has 0 aliphatic heterocycles. The zero-order chi connectivity index (χ0) is 11.1. The zero-order valence-electron chi connectivity index (χ0n) is 8.09. The number of aromatic nitrogens is 3. The molecule has 0 fully saturated rings. The Hall–Kier alpha value is -1.95. The molecule has 0 aliphatic rings. The molecule has 0 aliphatic carbocycles. The lowest BCUT2D eigenvalue weighted by Gasteiger charge is -1.90. The summed E-state index contributed by atoms with van der Waals surface area (Å²) >= 11 is 1.37. The first-order valence-corrected chi connectivity index (χ1v) is 5.42. The van der Waals surface area contributed by atoms with E-state index in [9.17, 15) is 4.39 Å². The lowest BCUT2D eigenvalue weighted by atomic mass is 10.3. The number of rotatable bonds is 1. The summed E-state index contributed by atoms with van der Waals surface area (Å²) < 4.78 is 15.4. The lowest BCUT2D eigenvalue weighted by molar-refractivity contribution is 0.630. The van der Waals surface area contributed by atoms with Crippen molar-refractivity contribution in [1.29, 1.82) is 0 Å². The van der Waals surface area contributed by atoms with Gasteiger partial charge in [0, 0.05) is 12.3 Å². The molecule has 0 amide bonds. The molecule has 0 bridgehead atoms. The van der Waals surface area contributed by atoms with E-state index in [0.717, 1.165) is 10.2 Å². The number of benzene rings is 1. The standard InChI is InChI=1S/C10H7FN4S/c11-6-1-2-7-8(5-6)16-10(13-7)15-4-3-9(12)14-15/h1-5H,(H2,12,14)/i11-1. The Morgan fingerprint density at radius 2 is 2.19 bits per heavy atom. The maximum absolute atomic E-state index is 13.0. The highest BCUT2D eigenvalue weighted by molar-refractivity contribution is 7.20. The van der Waals surface area contributed by atoms with Gasteiger partial charge in [0.15, 0.2) is 0 Å². The SMILES string of the molecule is Nc1ccn(-c2nc3ccc([18F])cc3s2)n1. The van der Waals surface area contributed by atoms with Crippen LogP contribution in [0.3, 0.4) is 0 Å². The van der Waals surface area contributed by atoms with Crippen LogP contribution in [0.4, 0.5) is 10.2 Å². The Morgan fingerprint density at radius 3 is 2.94 bits per heavy atom. The predicted octanol–water partition coefficient (Wildman–Crippen LogP) is 2.20. The fraction of sp³-hybridized carbons (Fsp3) is 0. The molecule has 2 N–H and O–H groups in total. The first kappa shape index (κ1) is 9.29. The highest BCUT2D eigenvalue weighted by Gasteiger charge is 2.07. The fourth-order valence-corrected chi connectivity index (χ4v) is 2.35. The van der Waals surface area contributed by atoms with E-state index in [1.807, 2.05) is 0 Å². The first-order chi connectivity index (χ1) is 7.72. The first-order valence-electron chi connectivity index (χ1n) is 4.60. The van der Waals surface area contributed by atoms with Gasteiger partial charge in [0.1, 0.15) is 11.6 Å². The molecular weight excluding hydrogens is 226 g/mol. The number of halogens is 1. The summed E-state index contributed by atoms with van der Waals surface area (Å²) in [6, 6.07) is 6.19. The van der Waals surface area contributed by atoms with E-state index in [-0.39, 0.29) is 5.82 Å². The summed E-state index contributed by atoms with van der Waals surface area (Å²) in [6.07, 6.45) is 1.73. The van der Waals surface area contributed by atoms with Gasteiger partial charge in [-0.25, -0.2) is 14.1 Å². The summed E-state index contributed by atoms with van der Waals surface area (Å²) in [5, 5.41) is 4.73. The highest BCUT2D eigenvalue weighted by atomic mass is 32.1. The quantitative estimate of drug-likeness (QED) is 0.701. The molecule has 6 heteroatoms. The van der Waals surface area contributed by atoms with Crippen LogP contribution in [-0.4, -0.2) is 14.8 Å². The second-order valence-electron chi connectivity index (χ2n) is 3.29. The summed E-state index contributed by atoms with van der Waals surface area (Å²) in [4.78, 5) is 4.33. The fourth-order valence-electron chi connectivity index (χ4n) is 1.43. The van der Waals surface area contributed by atoms with Crippen LogP contribution in [-0.2, 0) is 0 Å². The molecule has 4 nitrogen and oxygen atoms in total. The average molecular weight is 233 g/mol. The summed E-state index contributed by atoms with van der Waals surface area (Å²) in [5.74, 6) is 0.174. The van der Waals surface area contributed by atoms with E-state index in [0.29, 0.717) is 10.9 Å². The number of nitrogens with zero attached hydrogens (tertiary/aromatic N) is 3. The number of hydrogen-bond donors (Lipinski definition) is 1. The molecule has 80 valence electrons. The topological polar surface area (TPSA) is 56.7 Å². The van der Waals surface area contributed by atoms with Gasteiger partial charge in [-0.3, -0.25) is 0 Å². The van der Waals surface area contributed by atoms with Crippen molar-refractivity contribution >= 4 is 27.4 Å². The number of fused-ring (bicyclic) bond motifs is 1. The van der Waals surface area contributed by atoms with Gasteiger partial charge in [0.25, 0.3) is 0 Å². The Labute approximate surface area is 94.1 Å². The van der Waals surface area contributed by atoms with Gasteiger partial charge in [-0.2, -0.15) is 0 Å². The van der Waals surface area contributed by atoms with Crippen LogP contribution in [0.1, 0.15) is 0 Å². The number of nitrogens with two attached hydrogens (primary N) is 1. The number of nitrogen functional groups attached to an aromatic ring is 1. The predicted molar refractivity (Wildman–Crippen MR) is 61.1 cm³/mol.